The zero-order chi connectivity index (χ0) is 10.8. The molecule has 2 atom stereocenters. The average Bonchev–Trinajstić information content (AvgIpc) is 2.14. The van der Waals surface area contributed by atoms with E-state index in [2.05, 4.69) is 32.7 Å². The van der Waals surface area contributed by atoms with Crippen molar-refractivity contribution in [2.24, 2.45) is 17.6 Å². The van der Waals surface area contributed by atoms with Crippen LogP contribution in [0.5, 0.6) is 0 Å². The summed E-state index contributed by atoms with van der Waals surface area (Å²) in [6.45, 7) is 8.87. The van der Waals surface area contributed by atoms with Gasteiger partial charge in [-0.2, -0.15) is 0 Å². The summed E-state index contributed by atoms with van der Waals surface area (Å²) in [6.07, 6.45) is 3.93. The standard InChI is InChI=1S/C12H26N2/c1-5-14(4)12(9-13)7-10(2)6-11(3)8-12/h10-11H,5-9,13H2,1-4H3. The molecule has 0 aromatic heterocycles. The van der Waals surface area contributed by atoms with E-state index in [1.165, 1.54) is 19.3 Å². The number of hydrogen-bond acceptors (Lipinski definition) is 2. The molecular weight excluding hydrogens is 172 g/mol. The molecule has 14 heavy (non-hydrogen) atoms. The van der Waals surface area contributed by atoms with Crippen molar-refractivity contribution in [3.8, 4) is 0 Å². The van der Waals surface area contributed by atoms with Gasteiger partial charge in [0.25, 0.3) is 0 Å². The van der Waals surface area contributed by atoms with Crippen LogP contribution in [0.2, 0.25) is 0 Å². The minimum atomic E-state index is 0.284. The van der Waals surface area contributed by atoms with Crippen LogP contribution in [0, 0.1) is 11.8 Å². The molecule has 2 heteroatoms. The van der Waals surface area contributed by atoms with Crippen molar-refractivity contribution in [3.05, 3.63) is 0 Å². The number of likely N-dealkylation sites (N-methyl/N-ethyl adjacent to an activating group) is 1. The Hall–Kier alpha value is -0.0800. The normalized spacial score (nSPS) is 39.0. The van der Waals surface area contributed by atoms with Crippen molar-refractivity contribution in [1.82, 2.24) is 4.90 Å². The molecular formula is C12H26N2. The molecule has 0 bridgehead atoms. The largest absolute Gasteiger partial charge is 0.329 e. The first-order valence-corrected chi connectivity index (χ1v) is 5.95. The lowest BCUT2D eigenvalue weighted by molar-refractivity contribution is 0.0427. The van der Waals surface area contributed by atoms with E-state index in [4.69, 9.17) is 5.73 Å². The minimum Gasteiger partial charge on any atom is -0.329 e. The first-order valence-electron chi connectivity index (χ1n) is 5.95. The molecule has 1 rings (SSSR count). The minimum absolute atomic E-state index is 0.284. The fraction of sp³-hybridized carbons (Fsp3) is 1.00. The highest BCUT2D eigenvalue weighted by atomic mass is 15.2. The molecule has 1 fully saturated rings. The Labute approximate surface area is 88.8 Å². The second-order valence-electron chi connectivity index (χ2n) is 5.30. The van der Waals surface area contributed by atoms with Crippen molar-refractivity contribution < 1.29 is 0 Å². The summed E-state index contributed by atoms with van der Waals surface area (Å²) in [7, 11) is 2.22. The summed E-state index contributed by atoms with van der Waals surface area (Å²) in [4.78, 5) is 2.46. The van der Waals surface area contributed by atoms with Crippen LogP contribution in [0.25, 0.3) is 0 Å². The fourth-order valence-corrected chi connectivity index (χ4v) is 3.20. The maximum atomic E-state index is 6.00. The van der Waals surface area contributed by atoms with Crippen LogP contribution < -0.4 is 5.73 Å². The van der Waals surface area contributed by atoms with E-state index in [-0.39, 0.29) is 5.54 Å². The Morgan fingerprint density at radius 2 is 1.79 bits per heavy atom. The van der Waals surface area contributed by atoms with Crippen molar-refractivity contribution >= 4 is 0 Å². The van der Waals surface area contributed by atoms with Gasteiger partial charge in [0, 0.05) is 12.1 Å². The molecule has 1 aliphatic carbocycles. The molecule has 0 saturated heterocycles. The van der Waals surface area contributed by atoms with Crippen LogP contribution in [0.1, 0.15) is 40.0 Å². The van der Waals surface area contributed by atoms with Crippen molar-refractivity contribution in [2.75, 3.05) is 20.1 Å². The molecule has 84 valence electrons. The van der Waals surface area contributed by atoms with Gasteiger partial charge in [-0.05, 0) is 44.7 Å². The maximum Gasteiger partial charge on any atom is 0.0333 e. The molecule has 2 nitrogen and oxygen atoms in total. The Morgan fingerprint density at radius 1 is 1.29 bits per heavy atom. The van der Waals surface area contributed by atoms with Gasteiger partial charge in [-0.1, -0.05) is 20.8 Å². The number of nitrogens with two attached hydrogens (primary N) is 1. The Morgan fingerprint density at radius 3 is 2.14 bits per heavy atom. The van der Waals surface area contributed by atoms with E-state index in [1.54, 1.807) is 0 Å². The topological polar surface area (TPSA) is 29.3 Å². The van der Waals surface area contributed by atoms with Crippen LogP contribution in [-0.4, -0.2) is 30.6 Å². The predicted octanol–water partition coefficient (Wildman–Crippen LogP) is 2.09. The molecule has 0 spiro atoms. The highest BCUT2D eigenvalue weighted by Crippen LogP contribution is 2.38. The SMILES string of the molecule is CCN(C)C1(CN)CC(C)CC(C)C1. The van der Waals surface area contributed by atoms with Crippen molar-refractivity contribution in [1.29, 1.82) is 0 Å². The summed E-state index contributed by atoms with van der Waals surface area (Å²) < 4.78 is 0. The average molecular weight is 198 g/mol. The molecule has 2 unspecified atom stereocenters. The first kappa shape index (κ1) is 12.0. The molecule has 0 heterocycles. The highest BCUT2D eigenvalue weighted by molar-refractivity contribution is 4.96. The molecule has 0 radical (unpaired) electrons. The van der Waals surface area contributed by atoms with Crippen LogP contribution in [0.3, 0.4) is 0 Å². The molecule has 1 aliphatic rings. The molecule has 0 amide bonds. The number of nitrogens with zero attached hydrogens (tertiary/aromatic N) is 1. The smallest absolute Gasteiger partial charge is 0.0333 e. The van der Waals surface area contributed by atoms with Gasteiger partial charge < -0.3 is 5.73 Å². The third kappa shape index (κ3) is 2.29. The highest BCUT2D eigenvalue weighted by Gasteiger charge is 2.39. The van der Waals surface area contributed by atoms with Crippen molar-refractivity contribution in [3.63, 3.8) is 0 Å². The molecule has 0 aromatic rings. The monoisotopic (exact) mass is 198 g/mol. The third-order valence-corrected chi connectivity index (χ3v) is 3.93. The van der Waals surface area contributed by atoms with Gasteiger partial charge in [0.15, 0.2) is 0 Å². The van der Waals surface area contributed by atoms with E-state index < -0.39 is 0 Å². The summed E-state index contributed by atoms with van der Waals surface area (Å²) >= 11 is 0. The van der Waals surface area contributed by atoms with E-state index >= 15 is 0 Å². The third-order valence-electron chi connectivity index (χ3n) is 3.93. The van der Waals surface area contributed by atoms with E-state index in [0.29, 0.717) is 0 Å². The zero-order valence-corrected chi connectivity index (χ0v) is 10.2. The molecule has 0 aliphatic heterocycles. The predicted molar refractivity (Wildman–Crippen MR) is 62.3 cm³/mol. The second-order valence-corrected chi connectivity index (χ2v) is 5.30. The maximum absolute atomic E-state index is 6.00. The lowest BCUT2D eigenvalue weighted by atomic mass is 9.71. The lowest BCUT2D eigenvalue weighted by Crippen LogP contribution is -2.55. The number of hydrogen-bond donors (Lipinski definition) is 1. The van der Waals surface area contributed by atoms with Gasteiger partial charge in [0.05, 0.1) is 0 Å². The quantitative estimate of drug-likeness (QED) is 0.752. The van der Waals surface area contributed by atoms with Crippen molar-refractivity contribution in [2.45, 2.75) is 45.6 Å². The van der Waals surface area contributed by atoms with E-state index in [9.17, 15) is 0 Å². The fourth-order valence-electron chi connectivity index (χ4n) is 3.20. The summed E-state index contributed by atoms with van der Waals surface area (Å²) in [5.41, 5.74) is 6.28. The van der Waals surface area contributed by atoms with Gasteiger partial charge >= 0.3 is 0 Å². The Bertz CT molecular complexity index is 169. The van der Waals surface area contributed by atoms with Gasteiger partial charge in [0.2, 0.25) is 0 Å². The zero-order valence-electron chi connectivity index (χ0n) is 10.2. The lowest BCUT2D eigenvalue weighted by Gasteiger charge is -2.48. The first-order chi connectivity index (χ1) is 6.54. The second kappa shape index (κ2) is 4.63. The Kier molecular flexibility index (Phi) is 3.96. The summed E-state index contributed by atoms with van der Waals surface area (Å²) in [5.74, 6) is 1.66. The van der Waals surface area contributed by atoms with Gasteiger partial charge in [0.1, 0.15) is 0 Å². The van der Waals surface area contributed by atoms with Crippen LogP contribution in [0.15, 0.2) is 0 Å². The van der Waals surface area contributed by atoms with E-state index in [0.717, 1.165) is 24.9 Å². The molecule has 1 saturated carbocycles. The Balaban J connectivity index is 2.76. The molecule has 0 aromatic carbocycles. The van der Waals surface area contributed by atoms with Crippen LogP contribution >= 0.6 is 0 Å². The van der Waals surface area contributed by atoms with Gasteiger partial charge in [-0.25, -0.2) is 0 Å². The number of rotatable bonds is 3. The van der Waals surface area contributed by atoms with Gasteiger partial charge in [-0.3, -0.25) is 4.90 Å². The van der Waals surface area contributed by atoms with E-state index in [1.807, 2.05) is 0 Å². The van der Waals surface area contributed by atoms with Crippen LogP contribution in [-0.2, 0) is 0 Å². The van der Waals surface area contributed by atoms with Crippen LogP contribution in [0.4, 0.5) is 0 Å². The summed E-state index contributed by atoms with van der Waals surface area (Å²) in [5, 5.41) is 0. The molecule has 2 N–H and O–H groups in total. The summed E-state index contributed by atoms with van der Waals surface area (Å²) in [6, 6.07) is 0. The van der Waals surface area contributed by atoms with Gasteiger partial charge in [-0.15, -0.1) is 0 Å².